The van der Waals surface area contributed by atoms with E-state index in [1.54, 1.807) is 24.3 Å². The molecule has 0 heterocycles. The molecule has 3 nitrogen and oxygen atoms in total. The Morgan fingerprint density at radius 1 is 0.676 bits per heavy atom. The van der Waals surface area contributed by atoms with Gasteiger partial charge in [-0.15, -0.1) is 0 Å². The van der Waals surface area contributed by atoms with Crippen LogP contribution in [0.5, 0.6) is 0 Å². The van der Waals surface area contributed by atoms with Crippen LogP contribution in [0.4, 0.5) is 0 Å². The molecule has 37 heavy (non-hydrogen) atoms. The van der Waals surface area contributed by atoms with Crippen LogP contribution in [0.3, 0.4) is 0 Å². The third-order valence-electron chi connectivity index (χ3n) is 7.48. The molecule has 0 saturated carbocycles. The number of aryl methyl sites for hydroxylation is 2. The number of carbonyl (C=O) groups is 2. The number of benzene rings is 3. The number of ketones is 1. The van der Waals surface area contributed by atoms with Crippen LogP contribution in [0.2, 0.25) is 0 Å². The van der Waals surface area contributed by atoms with Crippen LogP contribution in [0.25, 0.3) is 0 Å². The molecule has 195 valence electrons. The second-order valence-corrected chi connectivity index (χ2v) is 12.6. The van der Waals surface area contributed by atoms with E-state index in [1.807, 2.05) is 33.8 Å². The topological polar surface area (TPSA) is 51.2 Å². The molecule has 0 amide bonds. The van der Waals surface area contributed by atoms with E-state index in [9.17, 15) is 14.2 Å². The first-order valence-electron chi connectivity index (χ1n) is 13.2. The zero-order valence-electron chi connectivity index (χ0n) is 23.9. The number of hydrogen-bond acceptors (Lipinski definition) is 3. The molecule has 0 saturated heterocycles. The van der Waals surface area contributed by atoms with Gasteiger partial charge in [0.05, 0.1) is 5.30 Å². The van der Waals surface area contributed by atoms with Crippen LogP contribution in [0.15, 0.2) is 42.5 Å². The Morgan fingerprint density at radius 2 is 1.22 bits per heavy atom. The van der Waals surface area contributed by atoms with E-state index >= 15 is 0 Å². The van der Waals surface area contributed by atoms with Crippen LogP contribution in [0, 0.1) is 27.7 Å². The molecular formula is C33H40O3P. The van der Waals surface area contributed by atoms with Gasteiger partial charge in [0.25, 0.3) is 0 Å². The summed E-state index contributed by atoms with van der Waals surface area (Å²) in [5.74, 6) is 0.447. The third-order valence-corrected chi connectivity index (χ3v) is 8.90. The van der Waals surface area contributed by atoms with Crippen molar-refractivity contribution in [3.63, 3.8) is 0 Å². The Hall–Kier alpha value is -2.90. The molecule has 3 aromatic rings. The van der Waals surface area contributed by atoms with Crippen molar-refractivity contribution in [2.24, 2.45) is 0 Å². The Kier molecular flexibility index (Phi) is 8.70. The third kappa shape index (κ3) is 5.53. The van der Waals surface area contributed by atoms with Gasteiger partial charge in [0.2, 0.25) is 5.52 Å². The van der Waals surface area contributed by atoms with Gasteiger partial charge in [-0.05, 0) is 96.5 Å². The number of rotatable bonds is 8. The average Bonchev–Trinajstić information content (AvgIpc) is 2.85. The minimum absolute atomic E-state index is 0.138. The SMILES string of the molecule is Cc1cc(C)c(C(=O)[P](=O)c2ccccc2C(=O)c2c(C(C)C)cc(C(C)C)cc2C(C)C)c(C)c1C. The summed E-state index contributed by atoms with van der Waals surface area (Å²) < 4.78 is 13.8. The van der Waals surface area contributed by atoms with Crippen molar-refractivity contribution in [2.45, 2.75) is 87.0 Å². The summed E-state index contributed by atoms with van der Waals surface area (Å²) in [6, 6.07) is 13.2. The lowest BCUT2D eigenvalue weighted by atomic mass is 9.81. The van der Waals surface area contributed by atoms with Gasteiger partial charge in [-0.25, -0.2) is 0 Å². The smallest absolute Gasteiger partial charge is 0.247 e. The largest absolute Gasteiger partial charge is 0.289 e. The van der Waals surface area contributed by atoms with Crippen molar-refractivity contribution < 1.29 is 14.2 Å². The summed E-state index contributed by atoms with van der Waals surface area (Å²) in [4.78, 5) is 27.9. The monoisotopic (exact) mass is 515 g/mol. The zero-order valence-corrected chi connectivity index (χ0v) is 24.8. The fourth-order valence-corrected chi connectivity index (χ4v) is 6.40. The molecule has 0 aromatic heterocycles. The molecule has 1 atom stereocenters. The Balaban J connectivity index is 2.21. The van der Waals surface area contributed by atoms with Gasteiger partial charge in [0, 0.05) is 16.7 Å². The standard InChI is InChI=1S/C33H40O3P/c1-18(2)25-16-27(19(3)4)31(28(17-25)20(5)6)32(34)26-13-11-12-14-29(26)37(36)33(35)30-22(8)15-21(7)23(9)24(30)10/h11-20H,1-10H3. The van der Waals surface area contributed by atoms with E-state index in [4.69, 9.17) is 0 Å². The van der Waals surface area contributed by atoms with Gasteiger partial charge in [-0.2, -0.15) is 0 Å². The Morgan fingerprint density at radius 3 is 1.73 bits per heavy atom. The predicted octanol–water partition coefficient (Wildman–Crippen LogP) is 8.81. The fraction of sp³-hybridized carbons (Fsp3) is 0.394. The molecule has 1 unspecified atom stereocenters. The summed E-state index contributed by atoms with van der Waals surface area (Å²) in [5.41, 5.74) is 8.09. The second kappa shape index (κ2) is 11.2. The van der Waals surface area contributed by atoms with Crippen LogP contribution in [-0.2, 0) is 4.57 Å². The average molecular weight is 516 g/mol. The predicted molar refractivity (Wildman–Crippen MR) is 156 cm³/mol. The van der Waals surface area contributed by atoms with Gasteiger partial charge in [-0.3, -0.25) is 14.2 Å². The minimum Gasteiger partial charge on any atom is -0.289 e. The molecule has 4 heteroatoms. The first kappa shape index (κ1) is 28.7. The van der Waals surface area contributed by atoms with Gasteiger partial charge in [0.15, 0.2) is 13.6 Å². The highest BCUT2D eigenvalue weighted by atomic mass is 31.1. The van der Waals surface area contributed by atoms with E-state index in [-0.39, 0.29) is 17.6 Å². The van der Waals surface area contributed by atoms with Crippen LogP contribution in [0.1, 0.15) is 125 Å². The van der Waals surface area contributed by atoms with Crippen molar-refractivity contribution in [1.82, 2.24) is 0 Å². The molecule has 3 aromatic carbocycles. The molecule has 0 N–H and O–H groups in total. The van der Waals surface area contributed by atoms with E-state index in [0.717, 1.165) is 33.4 Å². The maximum Gasteiger partial charge on any atom is 0.247 e. The Bertz CT molecular complexity index is 1360. The summed E-state index contributed by atoms with van der Waals surface area (Å²) in [6.07, 6.45) is 0. The highest BCUT2D eigenvalue weighted by Gasteiger charge is 2.29. The molecule has 0 bridgehead atoms. The van der Waals surface area contributed by atoms with Gasteiger partial charge in [0.1, 0.15) is 0 Å². The summed E-state index contributed by atoms with van der Waals surface area (Å²) in [5, 5.41) is 0.307. The maximum atomic E-state index is 14.3. The quantitative estimate of drug-likeness (QED) is 0.222. The fourth-order valence-electron chi connectivity index (χ4n) is 5.02. The summed E-state index contributed by atoms with van der Waals surface area (Å²) in [6.45, 7) is 20.5. The Labute approximate surface area is 223 Å². The van der Waals surface area contributed by atoms with Crippen molar-refractivity contribution >= 4 is 24.4 Å². The summed E-state index contributed by atoms with van der Waals surface area (Å²) in [7, 11) is -2.49. The molecule has 0 aliphatic rings. The molecule has 1 radical (unpaired) electrons. The maximum absolute atomic E-state index is 14.3. The van der Waals surface area contributed by atoms with Crippen molar-refractivity contribution in [3.05, 3.63) is 98.1 Å². The van der Waals surface area contributed by atoms with Crippen molar-refractivity contribution in [3.8, 4) is 0 Å². The zero-order chi connectivity index (χ0) is 27.8. The number of hydrogen-bond donors (Lipinski definition) is 0. The van der Waals surface area contributed by atoms with Gasteiger partial charge < -0.3 is 0 Å². The van der Waals surface area contributed by atoms with Gasteiger partial charge >= 0.3 is 0 Å². The van der Waals surface area contributed by atoms with E-state index in [2.05, 4.69) is 53.7 Å². The van der Waals surface area contributed by atoms with Crippen molar-refractivity contribution in [2.75, 3.05) is 0 Å². The van der Waals surface area contributed by atoms with E-state index in [0.29, 0.717) is 27.9 Å². The summed E-state index contributed by atoms with van der Waals surface area (Å²) >= 11 is 0. The lowest BCUT2D eigenvalue weighted by Crippen LogP contribution is -2.20. The molecule has 0 spiro atoms. The molecule has 3 rings (SSSR count). The minimum atomic E-state index is -2.49. The molecular weight excluding hydrogens is 475 g/mol. The number of carbonyl (C=O) groups excluding carboxylic acids is 2. The highest BCUT2D eigenvalue weighted by molar-refractivity contribution is 7.71. The van der Waals surface area contributed by atoms with Gasteiger partial charge in [-0.1, -0.05) is 71.9 Å². The lowest BCUT2D eigenvalue weighted by molar-refractivity contribution is 0.103. The van der Waals surface area contributed by atoms with Crippen LogP contribution in [-0.4, -0.2) is 11.3 Å². The first-order chi connectivity index (χ1) is 17.3. The van der Waals surface area contributed by atoms with E-state index in [1.165, 1.54) is 5.56 Å². The molecule has 0 aliphatic heterocycles. The second-order valence-electron chi connectivity index (χ2n) is 11.1. The van der Waals surface area contributed by atoms with Crippen LogP contribution < -0.4 is 5.30 Å². The normalized spacial score (nSPS) is 12.0. The lowest BCUT2D eigenvalue weighted by Gasteiger charge is -2.23. The highest BCUT2D eigenvalue weighted by Crippen LogP contribution is 2.36. The van der Waals surface area contributed by atoms with Crippen molar-refractivity contribution in [1.29, 1.82) is 0 Å². The first-order valence-corrected chi connectivity index (χ1v) is 14.4. The molecule has 0 fully saturated rings. The van der Waals surface area contributed by atoms with E-state index < -0.39 is 13.3 Å². The molecule has 0 aliphatic carbocycles. The van der Waals surface area contributed by atoms with Crippen LogP contribution >= 0.6 is 7.80 Å².